The smallest absolute Gasteiger partial charge is 0.269 e. The van der Waals surface area contributed by atoms with Crippen LogP contribution in [0.25, 0.3) is 0 Å². The Hall–Kier alpha value is -1.56. The molecule has 1 aromatic carbocycles. The Morgan fingerprint density at radius 1 is 1.44 bits per heavy atom. The third-order valence-electron chi connectivity index (χ3n) is 2.77. The highest BCUT2D eigenvalue weighted by Gasteiger charge is 2.20. The van der Waals surface area contributed by atoms with E-state index < -0.39 is 4.92 Å². The van der Waals surface area contributed by atoms with Crippen LogP contribution in [0.2, 0.25) is 0 Å². The van der Waals surface area contributed by atoms with Crippen LogP contribution in [0, 0.1) is 20.9 Å². The number of nitrogens with zero attached hydrogens (tertiary/aromatic N) is 1. The summed E-state index contributed by atoms with van der Waals surface area (Å²) in [7, 11) is 0. The van der Waals surface area contributed by atoms with E-state index in [0.717, 1.165) is 17.1 Å². The van der Waals surface area contributed by atoms with Gasteiger partial charge in [0.2, 0.25) is 0 Å². The number of amidine groups is 1. The lowest BCUT2D eigenvalue weighted by Gasteiger charge is -2.22. The molecule has 1 rings (SSSR count). The van der Waals surface area contributed by atoms with E-state index in [1.54, 1.807) is 23.9 Å². The molecule has 0 heterocycles. The van der Waals surface area contributed by atoms with E-state index in [-0.39, 0.29) is 16.9 Å². The Morgan fingerprint density at radius 3 is 2.44 bits per heavy atom. The number of benzene rings is 1. The molecule has 3 N–H and O–H groups in total. The number of hydrogen-bond acceptors (Lipinski definition) is 4. The van der Waals surface area contributed by atoms with E-state index in [2.05, 4.69) is 0 Å². The van der Waals surface area contributed by atoms with Crippen molar-refractivity contribution in [2.75, 3.05) is 5.75 Å². The molecule has 5 nitrogen and oxygen atoms in total. The minimum atomic E-state index is -0.409. The van der Waals surface area contributed by atoms with E-state index in [4.69, 9.17) is 11.1 Å². The van der Waals surface area contributed by atoms with Gasteiger partial charge in [0.05, 0.1) is 10.8 Å². The lowest BCUT2D eigenvalue weighted by atomic mass is 9.89. The predicted octanol–water partition coefficient (Wildman–Crippen LogP) is 3.04. The third-order valence-corrected chi connectivity index (χ3v) is 3.79. The van der Waals surface area contributed by atoms with Crippen LogP contribution in [0.1, 0.15) is 20.3 Å². The van der Waals surface area contributed by atoms with Crippen LogP contribution in [0.15, 0.2) is 29.2 Å². The Labute approximate surface area is 110 Å². The molecule has 0 aliphatic rings. The highest BCUT2D eigenvalue weighted by molar-refractivity contribution is 7.99. The fourth-order valence-corrected chi connectivity index (χ4v) is 2.40. The molecular weight excluding hydrogens is 250 g/mol. The molecule has 0 aromatic heterocycles. The van der Waals surface area contributed by atoms with Crippen molar-refractivity contribution in [1.29, 1.82) is 5.41 Å². The molecule has 0 bridgehead atoms. The molecule has 0 radical (unpaired) electrons. The zero-order chi connectivity index (χ0) is 13.8. The molecule has 0 atom stereocenters. The summed E-state index contributed by atoms with van der Waals surface area (Å²) in [4.78, 5) is 11.1. The summed E-state index contributed by atoms with van der Waals surface area (Å²) >= 11 is 1.61. The van der Waals surface area contributed by atoms with Crippen LogP contribution in [-0.2, 0) is 0 Å². The number of non-ortho nitro benzene ring substituents is 1. The standard InChI is InChI=1S/C12H17N3O2S/c1-12(2,11(13)14)7-8-18-10-5-3-9(4-6-10)15(16)17/h3-6H,7-8H2,1-2H3,(H3,13,14). The van der Waals surface area contributed by atoms with Crippen molar-refractivity contribution in [2.45, 2.75) is 25.2 Å². The van der Waals surface area contributed by atoms with Crippen molar-refractivity contribution in [3.63, 3.8) is 0 Å². The van der Waals surface area contributed by atoms with Gasteiger partial charge < -0.3 is 5.73 Å². The van der Waals surface area contributed by atoms with Gasteiger partial charge in [0.15, 0.2) is 0 Å². The number of nitrogens with one attached hydrogen (secondary N) is 1. The van der Waals surface area contributed by atoms with Crippen LogP contribution in [0.5, 0.6) is 0 Å². The minimum Gasteiger partial charge on any atom is -0.387 e. The highest BCUT2D eigenvalue weighted by atomic mass is 32.2. The SMILES string of the molecule is CC(C)(CCSc1ccc([N+](=O)[O-])cc1)C(=N)N. The Kier molecular flexibility index (Phi) is 4.72. The maximum absolute atomic E-state index is 10.5. The average Bonchev–Trinajstić information content (AvgIpc) is 2.29. The van der Waals surface area contributed by atoms with Gasteiger partial charge in [-0.05, 0) is 24.3 Å². The molecule has 0 fully saturated rings. The molecule has 6 heteroatoms. The average molecular weight is 267 g/mol. The van der Waals surface area contributed by atoms with E-state index in [9.17, 15) is 10.1 Å². The second-order valence-corrected chi connectivity index (χ2v) is 5.82. The van der Waals surface area contributed by atoms with Crippen molar-refractivity contribution >= 4 is 23.3 Å². The fraction of sp³-hybridized carbons (Fsp3) is 0.417. The first kappa shape index (κ1) is 14.5. The summed E-state index contributed by atoms with van der Waals surface area (Å²) in [6.45, 7) is 3.87. The molecular formula is C12H17N3O2S. The van der Waals surface area contributed by atoms with Gasteiger partial charge in [0.25, 0.3) is 5.69 Å². The van der Waals surface area contributed by atoms with Crippen LogP contribution >= 0.6 is 11.8 Å². The molecule has 0 saturated heterocycles. The summed E-state index contributed by atoms with van der Waals surface area (Å²) in [6, 6.07) is 6.48. The first-order valence-corrected chi connectivity index (χ1v) is 6.53. The van der Waals surface area contributed by atoms with Gasteiger partial charge in [-0.25, -0.2) is 0 Å². The van der Waals surface area contributed by atoms with Crippen molar-refractivity contribution in [2.24, 2.45) is 11.1 Å². The van der Waals surface area contributed by atoms with E-state index in [1.807, 2.05) is 13.8 Å². The Morgan fingerprint density at radius 2 is 2.00 bits per heavy atom. The molecule has 0 saturated carbocycles. The molecule has 0 aliphatic carbocycles. The first-order chi connectivity index (χ1) is 8.33. The van der Waals surface area contributed by atoms with Crippen molar-refractivity contribution in [3.05, 3.63) is 34.4 Å². The van der Waals surface area contributed by atoms with Gasteiger partial charge in [0.1, 0.15) is 0 Å². The Balaban J connectivity index is 2.50. The summed E-state index contributed by atoms with van der Waals surface area (Å²) in [6.07, 6.45) is 0.796. The van der Waals surface area contributed by atoms with Gasteiger partial charge in [-0.1, -0.05) is 13.8 Å². The zero-order valence-corrected chi connectivity index (χ0v) is 11.3. The summed E-state index contributed by atoms with van der Waals surface area (Å²) in [5.41, 5.74) is 5.30. The highest BCUT2D eigenvalue weighted by Crippen LogP contribution is 2.27. The van der Waals surface area contributed by atoms with E-state index in [1.165, 1.54) is 12.1 Å². The van der Waals surface area contributed by atoms with Gasteiger partial charge in [-0.3, -0.25) is 15.5 Å². The third kappa shape index (κ3) is 4.03. The topological polar surface area (TPSA) is 93.0 Å². The number of rotatable bonds is 6. The Bertz CT molecular complexity index is 443. The van der Waals surface area contributed by atoms with Gasteiger partial charge in [-0.2, -0.15) is 0 Å². The largest absolute Gasteiger partial charge is 0.387 e. The second kappa shape index (κ2) is 5.86. The number of nitrogens with two attached hydrogens (primary N) is 1. The quantitative estimate of drug-likeness (QED) is 0.272. The van der Waals surface area contributed by atoms with Gasteiger partial charge >= 0.3 is 0 Å². The molecule has 0 unspecified atom stereocenters. The number of thioether (sulfide) groups is 1. The zero-order valence-electron chi connectivity index (χ0n) is 10.5. The van der Waals surface area contributed by atoms with Crippen molar-refractivity contribution < 1.29 is 4.92 Å². The second-order valence-electron chi connectivity index (χ2n) is 4.65. The lowest BCUT2D eigenvalue weighted by Crippen LogP contribution is -2.31. The monoisotopic (exact) mass is 267 g/mol. The summed E-state index contributed by atoms with van der Waals surface area (Å²) in [5, 5.41) is 17.9. The summed E-state index contributed by atoms with van der Waals surface area (Å²) in [5.74, 6) is 1.01. The lowest BCUT2D eigenvalue weighted by molar-refractivity contribution is -0.384. The van der Waals surface area contributed by atoms with Crippen molar-refractivity contribution in [3.8, 4) is 0 Å². The van der Waals surface area contributed by atoms with Crippen LogP contribution in [0.4, 0.5) is 5.69 Å². The number of hydrogen-bond donors (Lipinski definition) is 2. The summed E-state index contributed by atoms with van der Waals surface area (Å²) < 4.78 is 0. The predicted molar refractivity (Wildman–Crippen MR) is 74.1 cm³/mol. The molecule has 1 aromatic rings. The number of nitro groups is 1. The maximum Gasteiger partial charge on any atom is 0.269 e. The van der Waals surface area contributed by atoms with E-state index >= 15 is 0 Å². The van der Waals surface area contributed by atoms with Crippen molar-refractivity contribution in [1.82, 2.24) is 0 Å². The first-order valence-electron chi connectivity index (χ1n) is 5.55. The minimum absolute atomic E-state index is 0.100. The molecule has 18 heavy (non-hydrogen) atoms. The van der Waals surface area contributed by atoms with Gasteiger partial charge in [-0.15, -0.1) is 11.8 Å². The van der Waals surface area contributed by atoms with E-state index in [0.29, 0.717) is 0 Å². The van der Waals surface area contributed by atoms with Crippen LogP contribution < -0.4 is 5.73 Å². The van der Waals surface area contributed by atoms with Crippen LogP contribution in [-0.4, -0.2) is 16.5 Å². The molecule has 98 valence electrons. The number of nitro benzene ring substituents is 1. The normalized spacial score (nSPS) is 11.2. The fourth-order valence-electron chi connectivity index (χ4n) is 1.22. The van der Waals surface area contributed by atoms with Crippen LogP contribution in [0.3, 0.4) is 0 Å². The molecule has 0 spiro atoms. The van der Waals surface area contributed by atoms with Gasteiger partial charge in [0, 0.05) is 22.4 Å². The maximum atomic E-state index is 10.5. The molecule has 0 amide bonds. The molecule has 0 aliphatic heterocycles.